The summed E-state index contributed by atoms with van der Waals surface area (Å²) in [6, 6.07) is 11.1. The molecule has 1 unspecified atom stereocenters. The molecule has 2 aromatic heterocycles. The number of benzene rings is 1. The van der Waals surface area contributed by atoms with Crippen molar-refractivity contribution in [3.63, 3.8) is 0 Å². The Morgan fingerprint density at radius 3 is 2.73 bits per heavy atom. The predicted molar refractivity (Wildman–Crippen MR) is 88.0 cm³/mol. The zero-order chi connectivity index (χ0) is 15.4. The van der Waals surface area contributed by atoms with E-state index in [0.717, 1.165) is 11.1 Å². The smallest absolute Gasteiger partial charge is 0.242 e. The summed E-state index contributed by atoms with van der Waals surface area (Å²) in [7, 11) is 0. The summed E-state index contributed by atoms with van der Waals surface area (Å²) in [6.07, 6.45) is 3.42. The van der Waals surface area contributed by atoms with Crippen molar-refractivity contribution in [2.45, 2.75) is 12.6 Å². The highest BCUT2D eigenvalue weighted by molar-refractivity contribution is 7.08. The van der Waals surface area contributed by atoms with Gasteiger partial charge in [-0.2, -0.15) is 16.4 Å². The zero-order valence-corrected chi connectivity index (χ0v) is 13.2. The second-order valence-electron chi connectivity index (χ2n) is 4.81. The lowest BCUT2D eigenvalue weighted by molar-refractivity contribution is -0.122. The largest absolute Gasteiger partial charge is 0.344 e. The monoisotopic (exact) mass is 331 g/mol. The number of hydrogen-bond acceptors (Lipinski definition) is 3. The first-order valence-corrected chi connectivity index (χ1v) is 8.09. The first kappa shape index (κ1) is 14.8. The zero-order valence-electron chi connectivity index (χ0n) is 11.6. The molecule has 1 amide bonds. The summed E-state index contributed by atoms with van der Waals surface area (Å²) in [6.45, 7) is 0.196. The van der Waals surface area contributed by atoms with Crippen LogP contribution in [0.4, 0.5) is 0 Å². The molecule has 6 heteroatoms. The Balaban J connectivity index is 1.80. The Labute approximate surface area is 137 Å². The Hall–Kier alpha value is -2.11. The molecule has 1 N–H and O–H groups in total. The van der Waals surface area contributed by atoms with Gasteiger partial charge >= 0.3 is 0 Å². The van der Waals surface area contributed by atoms with E-state index in [-0.39, 0.29) is 18.5 Å². The Morgan fingerprint density at radius 2 is 2.09 bits per heavy atom. The van der Waals surface area contributed by atoms with E-state index in [1.165, 1.54) is 0 Å². The second kappa shape index (κ2) is 6.77. The van der Waals surface area contributed by atoms with E-state index in [9.17, 15) is 4.79 Å². The van der Waals surface area contributed by atoms with Crippen LogP contribution in [0.1, 0.15) is 17.2 Å². The van der Waals surface area contributed by atoms with E-state index in [0.29, 0.717) is 5.02 Å². The number of amides is 1. The van der Waals surface area contributed by atoms with Crippen LogP contribution < -0.4 is 5.32 Å². The minimum Gasteiger partial charge on any atom is -0.344 e. The normalized spacial score (nSPS) is 12.0. The van der Waals surface area contributed by atoms with Gasteiger partial charge < -0.3 is 5.32 Å². The van der Waals surface area contributed by atoms with Crippen LogP contribution >= 0.6 is 22.9 Å². The molecule has 4 nitrogen and oxygen atoms in total. The highest BCUT2D eigenvalue weighted by Gasteiger charge is 2.17. The maximum atomic E-state index is 12.3. The van der Waals surface area contributed by atoms with Gasteiger partial charge in [0.05, 0.1) is 6.04 Å². The number of hydrogen-bond donors (Lipinski definition) is 1. The van der Waals surface area contributed by atoms with Crippen molar-refractivity contribution in [1.29, 1.82) is 0 Å². The molecule has 3 aromatic rings. The van der Waals surface area contributed by atoms with Gasteiger partial charge in [-0.15, -0.1) is 0 Å². The SMILES string of the molecule is O=C(Cn1cccn1)NC(c1ccc(Cl)cc1)c1ccsc1. The van der Waals surface area contributed by atoms with E-state index in [4.69, 9.17) is 11.6 Å². The first-order valence-electron chi connectivity index (χ1n) is 6.77. The van der Waals surface area contributed by atoms with Crippen LogP contribution in [0.5, 0.6) is 0 Å². The highest BCUT2D eigenvalue weighted by atomic mass is 35.5. The fraction of sp³-hybridized carbons (Fsp3) is 0.125. The van der Waals surface area contributed by atoms with Crippen LogP contribution in [0.15, 0.2) is 59.6 Å². The minimum atomic E-state index is -0.188. The summed E-state index contributed by atoms with van der Waals surface area (Å²) >= 11 is 7.55. The van der Waals surface area contributed by atoms with E-state index in [1.54, 1.807) is 34.5 Å². The fourth-order valence-electron chi connectivity index (χ4n) is 2.20. The van der Waals surface area contributed by atoms with Gasteiger partial charge in [0.2, 0.25) is 5.91 Å². The summed E-state index contributed by atoms with van der Waals surface area (Å²) in [5.74, 6) is -0.0881. The molecule has 0 saturated carbocycles. The van der Waals surface area contributed by atoms with Crippen molar-refractivity contribution in [2.24, 2.45) is 0 Å². The molecule has 0 saturated heterocycles. The van der Waals surface area contributed by atoms with Gasteiger partial charge in [-0.3, -0.25) is 9.48 Å². The number of carbonyl (C=O) groups is 1. The van der Waals surface area contributed by atoms with Gasteiger partial charge in [0, 0.05) is 17.4 Å². The van der Waals surface area contributed by atoms with Gasteiger partial charge in [0.1, 0.15) is 6.54 Å². The molecule has 22 heavy (non-hydrogen) atoms. The van der Waals surface area contributed by atoms with Crippen molar-refractivity contribution < 1.29 is 4.79 Å². The number of rotatable bonds is 5. The lowest BCUT2D eigenvalue weighted by atomic mass is 10.0. The number of carbonyl (C=O) groups excluding carboxylic acids is 1. The van der Waals surface area contributed by atoms with Gasteiger partial charge in [-0.05, 0) is 46.2 Å². The third kappa shape index (κ3) is 3.55. The molecular weight excluding hydrogens is 318 g/mol. The lowest BCUT2D eigenvalue weighted by Crippen LogP contribution is -2.32. The maximum absolute atomic E-state index is 12.3. The second-order valence-corrected chi connectivity index (χ2v) is 6.03. The average molecular weight is 332 g/mol. The minimum absolute atomic E-state index is 0.0881. The van der Waals surface area contributed by atoms with Gasteiger partial charge in [-0.1, -0.05) is 23.7 Å². The summed E-state index contributed by atoms with van der Waals surface area (Å²) in [5, 5.41) is 11.8. The van der Waals surface area contributed by atoms with Crippen LogP contribution in [-0.4, -0.2) is 15.7 Å². The predicted octanol–water partition coefficient (Wildman–Crippen LogP) is 3.50. The Morgan fingerprint density at radius 1 is 1.27 bits per heavy atom. The van der Waals surface area contributed by atoms with Crippen molar-refractivity contribution in [3.8, 4) is 0 Å². The third-order valence-electron chi connectivity index (χ3n) is 3.25. The van der Waals surface area contributed by atoms with E-state index in [1.807, 2.05) is 41.1 Å². The average Bonchev–Trinajstić information content (AvgIpc) is 3.19. The third-order valence-corrected chi connectivity index (χ3v) is 4.20. The topological polar surface area (TPSA) is 46.9 Å². The van der Waals surface area contributed by atoms with Crippen LogP contribution in [0.3, 0.4) is 0 Å². The number of aromatic nitrogens is 2. The maximum Gasteiger partial charge on any atom is 0.242 e. The number of nitrogens with one attached hydrogen (secondary N) is 1. The fourth-order valence-corrected chi connectivity index (χ4v) is 3.01. The summed E-state index contributed by atoms with van der Waals surface area (Å²) < 4.78 is 1.60. The van der Waals surface area contributed by atoms with Gasteiger partial charge in [-0.25, -0.2) is 0 Å². The first-order chi connectivity index (χ1) is 10.7. The molecule has 0 radical (unpaired) electrons. The van der Waals surface area contributed by atoms with Crippen LogP contribution in [0, 0.1) is 0 Å². The van der Waals surface area contributed by atoms with Gasteiger partial charge in [0.25, 0.3) is 0 Å². The molecule has 0 bridgehead atoms. The van der Waals surface area contributed by atoms with Crippen LogP contribution in [0.2, 0.25) is 5.02 Å². The molecule has 1 atom stereocenters. The van der Waals surface area contributed by atoms with Crippen molar-refractivity contribution in [2.75, 3.05) is 0 Å². The van der Waals surface area contributed by atoms with Crippen molar-refractivity contribution in [3.05, 3.63) is 75.7 Å². The van der Waals surface area contributed by atoms with Gasteiger partial charge in [0.15, 0.2) is 0 Å². The Bertz CT molecular complexity index is 723. The molecule has 1 aromatic carbocycles. The quantitative estimate of drug-likeness (QED) is 0.777. The molecular formula is C16H14ClN3OS. The van der Waals surface area contributed by atoms with Crippen molar-refractivity contribution in [1.82, 2.24) is 15.1 Å². The molecule has 0 fully saturated rings. The number of thiophene rings is 1. The standard InChI is InChI=1S/C16H14ClN3OS/c17-14-4-2-12(3-5-14)16(13-6-9-22-11-13)19-15(21)10-20-8-1-7-18-20/h1-9,11,16H,10H2,(H,19,21). The van der Waals surface area contributed by atoms with E-state index in [2.05, 4.69) is 10.4 Å². The highest BCUT2D eigenvalue weighted by Crippen LogP contribution is 2.25. The molecule has 0 aliphatic carbocycles. The molecule has 112 valence electrons. The van der Waals surface area contributed by atoms with Crippen LogP contribution in [-0.2, 0) is 11.3 Å². The number of halogens is 1. The lowest BCUT2D eigenvalue weighted by Gasteiger charge is -2.18. The molecule has 0 aliphatic rings. The summed E-state index contributed by atoms with van der Waals surface area (Å²) in [4.78, 5) is 12.3. The van der Waals surface area contributed by atoms with E-state index >= 15 is 0 Å². The van der Waals surface area contributed by atoms with Crippen molar-refractivity contribution >= 4 is 28.8 Å². The molecule has 0 spiro atoms. The Kier molecular flexibility index (Phi) is 4.56. The summed E-state index contributed by atoms with van der Waals surface area (Å²) in [5.41, 5.74) is 2.05. The molecule has 3 rings (SSSR count). The number of nitrogens with zero attached hydrogens (tertiary/aromatic N) is 2. The molecule has 0 aliphatic heterocycles. The molecule has 2 heterocycles. The van der Waals surface area contributed by atoms with Crippen LogP contribution in [0.25, 0.3) is 0 Å². The van der Waals surface area contributed by atoms with E-state index < -0.39 is 0 Å².